The van der Waals surface area contributed by atoms with Crippen LogP contribution in [0.25, 0.3) is 0 Å². The first-order chi connectivity index (χ1) is 5.58. The summed E-state index contributed by atoms with van der Waals surface area (Å²) in [4.78, 5) is 0. The van der Waals surface area contributed by atoms with Gasteiger partial charge in [-0.1, -0.05) is 0 Å². The van der Waals surface area contributed by atoms with Crippen LogP contribution in [0.1, 0.15) is 12.8 Å². The molecule has 12 heavy (non-hydrogen) atoms. The van der Waals surface area contributed by atoms with E-state index in [1.165, 1.54) is 5.75 Å². The van der Waals surface area contributed by atoms with Gasteiger partial charge in [0.2, 0.25) is 0 Å². The van der Waals surface area contributed by atoms with Gasteiger partial charge in [-0.25, -0.2) is 5.14 Å². The van der Waals surface area contributed by atoms with Gasteiger partial charge in [0.25, 0.3) is 0 Å². The second kappa shape index (κ2) is 4.45. The molecule has 4 nitrogen and oxygen atoms in total. The van der Waals surface area contributed by atoms with Gasteiger partial charge >= 0.3 is 10.3 Å². The van der Waals surface area contributed by atoms with Crippen molar-refractivity contribution in [1.29, 1.82) is 0 Å². The van der Waals surface area contributed by atoms with Gasteiger partial charge in [0, 0.05) is 0 Å². The third kappa shape index (κ3) is 4.30. The monoisotopic (exact) mass is 211 g/mol. The Labute approximate surface area is 77.1 Å². The second-order valence-corrected chi connectivity index (χ2v) is 5.23. The zero-order chi connectivity index (χ0) is 9.03. The highest BCUT2D eigenvalue weighted by atomic mass is 32.2. The van der Waals surface area contributed by atoms with Crippen molar-refractivity contribution in [2.75, 3.05) is 18.1 Å². The van der Waals surface area contributed by atoms with Crippen LogP contribution in [0.15, 0.2) is 0 Å². The van der Waals surface area contributed by atoms with Crippen LogP contribution in [0.2, 0.25) is 0 Å². The fourth-order valence-corrected chi connectivity index (χ4v) is 2.65. The maximum Gasteiger partial charge on any atom is 0.333 e. The first-order valence-corrected chi connectivity index (χ1v) is 6.45. The Morgan fingerprint density at radius 3 is 2.83 bits per heavy atom. The highest BCUT2D eigenvalue weighted by Crippen LogP contribution is 2.22. The Hall–Kier alpha value is 0.220. The van der Waals surface area contributed by atoms with Crippen molar-refractivity contribution in [2.45, 2.75) is 12.8 Å². The number of hydrogen-bond donors (Lipinski definition) is 1. The minimum atomic E-state index is -3.73. The average Bonchev–Trinajstić information content (AvgIpc) is 2.02. The van der Waals surface area contributed by atoms with E-state index >= 15 is 0 Å². The van der Waals surface area contributed by atoms with Crippen molar-refractivity contribution < 1.29 is 12.6 Å². The van der Waals surface area contributed by atoms with Crippen LogP contribution in [-0.4, -0.2) is 26.5 Å². The summed E-state index contributed by atoms with van der Waals surface area (Å²) in [6, 6.07) is 0. The first kappa shape index (κ1) is 10.3. The van der Waals surface area contributed by atoms with Gasteiger partial charge in [0.15, 0.2) is 0 Å². The normalized spacial score (nSPS) is 25.6. The standard InChI is InChI=1S/C6H13NO3S2/c7-12(8,9)10-4-6-2-1-3-11-5-6/h6H,1-5H2,(H2,7,8,9). The minimum absolute atomic E-state index is 0.242. The summed E-state index contributed by atoms with van der Waals surface area (Å²) in [6.07, 6.45) is 2.19. The quantitative estimate of drug-likeness (QED) is 0.731. The molecular formula is C6H13NO3S2. The lowest BCUT2D eigenvalue weighted by Gasteiger charge is -2.19. The molecule has 2 N–H and O–H groups in total. The third-order valence-electron chi connectivity index (χ3n) is 1.72. The molecule has 6 heteroatoms. The lowest BCUT2D eigenvalue weighted by atomic mass is 10.1. The minimum Gasteiger partial charge on any atom is -0.258 e. The molecule has 1 saturated heterocycles. The van der Waals surface area contributed by atoms with Crippen LogP contribution in [0.4, 0.5) is 0 Å². The van der Waals surface area contributed by atoms with E-state index in [0.29, 0.717) is 5.92 Å². The van der Waals surface area contributed by atoms with E-state index in [-0.39, 0.29) is 6.61 Å². The van der Waals surface area contributed by atoms with E-state index in [0.717, 1.165) is 18.6 Å². The average molecular weight is 211 g/mol. The van der Waals surface area contributed by atoms with E-state index in [1.54, 1.807) is 0 Å². The Kier molecular flexibility index (Phi) is 3.82. The zero-order valence-electron chi connectivity index (χ0n) is 6.73. The summed E-state index contributed by atoms with van der Waals surface area (Å²) >= 11 is 1.84. The molecule has 1 atom stereocenters. The number of nitrogens with two attached hydrogens (primary N) is 1. The molecule has 1 aliphatic heterocycles. The smallest absolute Gasteiger partial charge is 0.258 e. The molecule has 0 aromatic carbocycles. The largest absolute Gasteiger partial charge is 0.333 e. The lowest BCUT2D eigenvalue weighted by Crippen LogP contribution is -2.23. The van der Waals surface area contributed by atoms with E-state index in [4.69, 9.17) is 5.14 Å². The molecule has 0 aromatic heterocycles. The SMILES string of the molecule is NS(=O)(=O)OCC1CCCSC1. The molecule has 0 radical (unpaired) electrons. The summed E-state index contributed by atoms with van der Waals surface area (Å²) in [5.74, 6) is 2.50. The summed E-state index contributed by atoms with van der Waals surface area (Å²) in [6.45, 7) is 0.242. The van der Waals surface area contributed by atoms with E-state index in [2.05, 4.69) is 4.18 Å². The molecule has 1 rings (SSSR count). The van der Waals surface area contributed by atoms with Crippen molar-refractivity contribution in [3.05, 3.63) is 0 Å². The van der Waals surface area contributed by atoms with Gasteiger partial charge in [-0.3, -0.25) is 4.18 Å². The van der Waals surface area contributed by atoms with Crippen LogP contribution in [-0.2, 0) is 14.5 Å². The van der Waals surface area contributed by atoms with Crippen LogP contribution < -0.4 is 5.14 Å². The molecule has 0 bridgehead atoms. The predicted octanol–water partition coefficient (Wildman–Crippen LogP) is 0.350. The number of rotatable bonds is 3. The van der Waals surface area contributed by atoms with E-state index in [1.807, 2.05) is 11.8 Å². The zero-order valence-corrected chi connectivity index (χ0v) is 8.36. The maximum absolute atomic E-state index is 10.4. The van der Waals surface area contributed by atoms with Gasteiger partial charge in [0.05, 0.1) is 6.61 Å². The first-order valence-electron chi connectivity index (χ1n) is 3.83. The van der Waals surface area contributed by atoms with Crippen molar-refractivity contribution in [1.82, 2.24) is 0 Å². The third-order valence-corrected chi connectivity index (χ3v) is 3.47. The molecular weight excluding hydrogens is 198 g/mol. The van der Waals surface area contributed by atoms with Gasteiger partial charge in [-0.2, -0.15) is 20.2 Å². The molecule has 72 valence electrons. The van der Waals surface area contributed by atoms with Gasteiger partial charge < -0.3 is 0 Å². The van der Waals surface area contributed by atoms with Crippen LogP contribution in [0.3, 0.4) is 0 Å². The summed E-state index contributed by atoms with van der Waals surface area (Å²) in [7, 11) is -3.73. The van der Waals surface area contributed by atoms with Crippen molar-refractivity contribution in [3.63, 3.8) is 0 Å². The fraction of sp³-hybridized carbons (Fsp3) is 1.00. The Morgan fingerprint density at radius 1 is 1.58 bits per heavy atom. The van der Waals surface area contributed by atoms with Crippen molar-refractivity contribution in [3.8, 4) is 0 Å². The topological polar surface area (TPSA) is 69.4 Å². The molecule has 1 fully saturated rings. The Bertz CT molecular complexity index is 221. The predicted molar refractivity (Wildman–Crippen MR) is 49.1 cm³/mol. The van der Waals surface area contributed by atoms with Crippen molar-refractivity contribution >= 4 is 22.1 Å². The number of thioether (sulfide) groups is 1. The van der Waals surface area contributed by atoms with Crippen LogP contribution >= 0.6 is 11.8 Å². The van der Waals surface area contributed by atoms with Crippen LogP contribution in [0.5, 0.6) is 0 Å². The molecule has 0 aromatic rings. The highest BCUT2D eigenvalue weighted by molar-refractivity contribution is 7.99. The molecule has 0 spiro atoms. The molecule has 1 aliphatic rings. The summed E-state index contributed by atoms with van der Waals surface area (Å²) in [5, 5.41) is 4.70. The van der Waals surface area contributed by atoms with Crippen molar-refractivity contribution in [2.24, 2.45) is 11.1 Å². The van der Waals surface area contributed by atoms with E-state index in [9.17, 15) is 8.42 Å². The summed E-state index contributed by atoms with van der Waals surface area (Å²) < 4.78 is 25.4. The van der Waals surface area contributed by atoms with Crippen LogP contribution in [0, 0.1) is 5.92 Å². The molecule has 1 heterocycles. The van der Waals surface area contributed by atoms with Gasteiger partial charge in [0.1, 0.15) is 0 Å². The highest BCUT2D eigenvalue weighted by Gasteiger charge is 2.16. The number of hydrogen-bond acceptors (Lipinski definition) is 4. The fourth-order valence-electron chi connectivity index (χ4n) is 1.13. The van der Waals surface area contributed by atoms with Gasteiger partial charge in [-0.15, -0.1) is 0 Å². The van der Waals surface area contributed by atoms with Gasteiger partial charge in [-0.05, 0) is 30.3 Å². The maximum atomic E-state index is 10.4. The Morgan fingerprint density at radius 2 is 2.33 bits per heavy atom. The van der Waals surface area contributed by atoms with E-state index < -0.39 is 10.3 Å². The molecule has 0 saturated carbocycles. The molecule has 1 unspecified atom stereocenters. The molecule has 0 aliphatic carbocycles. The second-order valence-electron chi connectivity index (χ2n) is 2.86. The lowest BCUT2D eigenvalue weighted by molar-refractivity contribution is 0.257. The Balaban J connectivity index is 2.22. The molecule has 0 amide bonds. The summed E-state index contributed by atoms with van der Waals surface area (Å²) in [5.41, 5.74) is 0.